The normalized spacial score (nSPS) is 20.6. The van der Waals surface area contributed by atoms with E-state index in [1.807, 2.05) is 18.2 Å². The molecule has 1 aliphatic carbocycles. The maximum atomic E-state index is 12.8. The molecule has 1 aliphatic heterocycles. The van der Waals surface area contributed by atoms with Crippen molar-refractivity contribution >= 4 is 34.4 Å². The summed E-state index contributed by atoms with van der Waals surface area (Å²) in [7, 11) is 1.72. The van der Waals surface area contributed by atoms with E-state index in [1.54, 1.807) is 18.2 Å². The minimum absolute atomic E-state index is 0.00516. The van der Waals surface area contributed by atoms with Crippen molar-refractivity contribution in [3.05, 3.63) is 51.9 Å². The van der Waals surface area contributed by atoms with E-state index in [-0.39, 0.29) is 30.8 Å². The molecule has 7 heteroatoms. The van der Waals surface area contributed by atoms with Crippen molar-refractivity contribution < 1.29 is 14.7 Å². The highest BCUT2D eigenvalue weighted by molar-refractivity contribution is 7.17. The zero-order valence-corrected chi connectivity index (χ0v) is 17.2. The number of aliphatic hydroxyl groups excluding tert-OH is 1. The highest BCUT2D eigenvalue weighted by Gasteiger charge is 2.44. The maximum Gasteiger partial charge on any atom is 0.228 e. The fraction of sp³-hybridized carbons (Fsp3) is 0.409. The Hall–Kier alpha value is -2.51. The third-order valence-corrected chi connectivity index (χ3v) is 6.77. The van der Waals surface area contributed by atoms with Crippen LogP contribution in [-0.2, 0) is 22.6 Å². The summed E-state index contributed by atoms with van der Waals surface area (Å²) < 4.78 is 0. The SMILES string of the molecule is CN=Cc1c(NC(=O)C2CC2c2ccccc2)sc2c1CCN(C(=O)CCO)C2. The van der Waals surface area contributed by atoms with Crippen LogP contribution in [0.2, 0.25) is 0 Å². The molecule has 2 aliphatic rings. The summed E-state index contributed by atoms with van der Waals surface area (Å²) in [6.07, 6.45) is 3.56. The quantitative estimate of drug-likeness (QED) is 0.717. The first-order valence-corrected chi connectivity index (χ1v) is 10.7. The Morgan fingerprint density at radius 1 is 1.34 bits per heavy atom. The lowest BCUT2D eigenvalue weighted by Crippen LogP contribution is -2.35. The van der Waals surface area contributed by atoms with Crippen LogP contribution in [0.4, 0.5) is 5.00 Å². The Labute approximate surface area is 174 Å². The van der Waals surface area contributed by atoms with Gasteiger partial charge in [0, 0.05) is 42.6 Å². The van der Waals surface area contributed by atoms with Gasteiger partial charge in [0.25, 0.3) is 0 Å². The number of aliphatic hydroxyl groups is 1. The Morgan fingerprint density at radius 3 is 2.86 bits per heavy atom. The first kappa shape index (κ1) is 19.8. The summed E-state index contributed by atoms with van der Waals surface area (Å²) in [5.74, 6) is 0.314. The molecule has 1 saturated carbocycles. The van der Waals surface area contributed by atoms with Crippen molar-refractivity contribution in [2.24, 2.45) is 10.9 Å². The van der Waals surface area contributed by atoms with Crippen LogP contribution in [0.15, 0.2) is 35.3 Å². The number of carbonyl (C=O) groups excluding carboxylic acids is 2. The number of fused-ring (bicyclic) bond motifs is 1. The Bertz CT molecular complexity index is 938. The molecule has 0 saturated heterocycles. The van der Waals surface area contributed by atoms with Crippen LogP contribution in [-0.4, -0.2) is 48.2 Å². The number of amides is 2. The van der Waals surface area contributed by atoms with Crippen LogP contribution in [0.5, 0.6) is 0 Å². The predicted molar refractivity (Wildman–Crippen MR) is 115 cm³/mol. The van der Waals surface area contributed by atoms with Gasteiger partial charge in [-0.05, 0) is 29.9 Å². The van der Waals surface area contributed by atoms with Crippen molar-refractivity contribution in [1.29, 1.82) is 0 Å². The second kappa shape index (κ2) is 8.47. The minimum Gasteiger partial charge on any atom is -0.396 e. The van der Waals surface area contributed by atoms with Crippen molar-refractivity contribution in [3.8, 4) is 0 Å². The van der Waals surface area contributed by atoms with E-state index in [4.69, 9.17) is 5.11 Å². The zero-order chi connectivity index (χ0) is 20.4. The molecule has 2 atom stereocenters. The molecule has 6 nitrogen and oxygen atoms in total. The number of rotatable bonds is 6. The van der Waals surface area contributed by atoms with Crippen molar-refractivity contribution in [1.82, 2.24) is 4.90 Å². The third-order valence-electron chi connectivity index (χ3n) is 5.63. The van der Waals surface area contributed by atoms with E-state index in [1.165, 1.54) is 22.5 Å². The topological polar surface area (TPSA) is 82.0 Å². The standard InChI is InChI=1S/C22H25N3O3S/c1-23-12-18-15-7-9-25(20(27)8-10-26)13-19(15)29-22(18)24-21(28)17-11-16(17)14-5-3-2-4-6-14/h2-6,12,16-17,26H,7-11,13H2,1H3,(H,24,28). The molecule has 0 spiro atoms. The maximum absolute atomic E-state index is 12.8. The van der Waals surface area contributed by atoms with Crippen LogP contribution < -0.4 is 5.32 Å². The molecular formula is C22H25N3O3S. The van der Waals surface area contributed by atoms with Gasteiger partial charge in [0.2, 0.25) is 11.8 Å². The average molecular weight is 412 g/mol. The van der Waals surface area contributed by atoms with Gasteiger partial charge in [-0.3, -0.25) is 14.6 Å². The first-order valence-electron chi connectivity index (χ1n) is 9.93. The molecule has 152 valence electrons. The van der Waals surface area contributed by atoms with Gasteiger partial charge in [-0.15, -0.1) is 11.3 Å². The van der Waals surface area contributed by atoms with E-state index in [2.05, 4.69) is 22.4 Å². The number of carbonyl (C=O) groups is 2. The molecular weight excluding hydrogens is 386 g/mol. The highest BCUT2D eigenvalue weighted by Crippen LogP contribution is 2.48. The molecule has 1 aromatic carbocycles. The number of hydrogen-bond acceptors (Lipinski definition) is 5. The molecule has 29 heavy (non-hydrogen) atoms. The highest BCUT2D eigenvalue weighted by atomic mass is 32.1. The summed E-state index contributed by atoms with van der Waals surface area (Å²) in [6, 6.07) is 10.2. The van der Waals surface area contributed by atoms with Gasteiger partial charge >= 0.3 is 0 Å². The Kier molecular flexibility index (Phi) is 5.78. The second-order valence-electron chi connectivity index (χ2n) is 7.52. The Morgan fingerprint density at radius 2 is 2.14 bits per heavy atom. The van der Waals surface area contributed by atoms with Crippen molar-refractivity contribution in [3.63, 3.8) is 0 Å². The lowest BCUT2D eigenvalue weighted by Gasteiger charge is -2.27. The van der Waals surface area contributed by atoms with Gasteiger partial charge in [-0.25, -0.2) is 0 Å². The number of hydrogen-bond donors (Lipinski definition) is 2. The van der Waals surface area contributed by atoms with Gasteiger partial charge in [-0.1, -0.05) is 30.3 Å². The van der Waals surface area contributed by atoms with E-state index >= 15 is 0 Å². The van der Waals surface area contributed by atoms with Gasteiger partial charge in [-0.2, -0.15) is 0 Å². The fourth-order valence-corrected chi connectivity index (χ4v) is 5.25. The number of thiophene rings is 1. The summed E-state index contributed by atoms with van der Waals surface area (Å²) in [5, 5.41) is 13.0. The summed E-state index contributed by atoms with van der Waals surface area (Å²) in [5.41, 5.74) is 3.35. The summed E-state index contributed by atoms with van der Waals surface area (Å²) >= 11 is 1.53. The van der Waals surface area contributed by atoms with E-state index < -0.39 is 0 Å². The monoisotopic (exact) mass is 411 g/mol. The van der Waals surface area contributed by atoms with E-state index in [0.717, 1.165) is 28.3 Å². The minimum atomic E-state index is -0.133. The largest absolute Gasteiger partial charge is 0.396 e. The van der Waals surface area contributed by atoms with Crippen LogP contribution in [0.25, 0.3) is 0 Å². The molecule has 4 rings (SSSR count). The van der Waals surface area contributed by atoms with Crippen LogP contribution in [0, 0.1) is 5.92 Å². The van der Waals surface area contributed by atoms with Crippen molar-refractivity contribution in [2.45, 2.75) is 31.7 Å². The van der Waals surface area contributed by atoms with Crippen LogP contribution in [0.1, 0.15) is 40.3 Å². The number of benzene rings is 1. The lowest BCUT2D eigenvalue weighted by atomic mass is 10.0. The third kappa shape index (κ3) is 4.11. The molecule has 2 heterocycles. The first-order chi connectivity index (χ1) is 14.1. The Balaban J connectivity index is 1.50. The lowest BCUT2D eigenvalue weighted by molar-refractivity contribution is -0.132. The number of nitrogens with zero attached hydrogens (tertiary/aromatic N) is 2. The van der Waals surface area contributed by atoms with Gasteiger partial charge in [0.15, 0.2) is 0 Å². The van der Waals surface area contributed by atoms with Crippen molar-refractivity contribution in [2.75, 3.05) is 25.5 Å². The van der Waals surface area contributed by atoms with Crippen LogP contribution >= 0.6 is 11.3 Å². The van der Waals surface area contributed by atoms with E-state index in [0.29, 0.717) is 19.0 Å². The molecule has 1 aromatic heterocycles. The van der Waals surface area contributed by atoms with Gasteiger partial charge in [0.1, 0.15) is 5.00 Å². The van der Waals surface area contributed by atoms with Gasteiger partial charge in [0.05, 0.1) is 13.2 Å². The molecule has 2 aromatic rings. The van der Waals surface area contributed by atoms with Gasteiger partial charge < -0.3 is 15.3 Å². The molecule has 0 bridgehead atoms. The molecule has 2 unspecified atom stereocenters. The predicted octanol–water partition coefficient (Wildman–Crippen LogP) is 2.81. The van der Waals surface area contributed by atoms with E-state index in [9.17, 15) is 9.59 Å². The molecule has 2 amide bonds. The molecule has 2 N–H and O–H groups in total. The number of anilines is 1. The molecule has 0 radical (unpaired) electrons. The second-order valence-corrected chi connectivity index (χ2v) is 8.63. The summed E-state index contributed by atoms with van der Waals surface area (Å²) in [6.45, 7) is 1.01. The number of nitrogens with one attached hydrogen (secondary N) is 1. The van der Waals surface area contributed by atoms with Crippen LogP contribution in [0.3, 0.4) is 0 Å². The number of aliphatic imine (C=N–C) groups is 1. The average Bonchev–Trinajstić information content (AvgIpc) is 3.47. The fourth-order valence-electron chi connectivity index (χ4n) is 4.01. The smallest absolute Gasteiger partial charge is 0.228 e. The molecule has 1 fully saturated rings. The summed E-state index contributed by atoms with van der Waals surface area (Å²) in [4.78, 5) is 32.0. The zero-order valence-electron chi connectivity index (χ0n) is 16.4.